The molecule has 0 bridgehead atoms. The van der Waals surface area contributed by atoms with Gasteiger partial charge in [0.2, 0.25) is 5.43 Å². The van der Waals surface area contributed by atoms with Crippen molar-refractivity contribution in [2.75, 3.05) is 0 Å². The Kier molecular flexibility index (Phi) is 2.84. The second kappa shape index (κ2) is 4.52. The summed E-state index contributed by atoms with van der Waals surface area (Å²) in [5.41, 5.74) is 2.94. The lowest BCUT2D eigenvalue weighted by molar-refractivity contribution is 1.07. The number of rotatable bonds is 1. The van der Waals surface area contributed by atoms with Gasteiger partial charge in [0, 0.05) is 16.0 Å². The molecule has 0 spiro atoms. The lowest BCUT2D eigenvalue weighted by Gasteiger charge is -2.03. The second-order valence-electron chi connectivity index (χ2n) is 4.46. The molecule has 0 atom stereocenters. The van der Waals surface area contributed by atoms with E-state index in [1.807, 2.05) is 31.2 Å². The molecule has 0 saturated heterocycles. The van der Waals surface area contributed by atoms with Gasteiger partial charge < -0.3 is 0 Å². The van der Waals surface area contributed by atoms with E-state index in [1.54, 1.807) is 18.2 Å². The number of hydrogen-bond acceptors (Lipinski definition) is 2. The van der Waals surface area contributed by atoms with Crippen LogP contribution in [0.15, 0.2) is 47.3 Å². The van der Waals surface area contributed by atoms with Gasteiger partial charge in [0.05, 0.1) is 5.52 Å². The summed E-state index contributed by atoms with van der Waals surface area (Å²) in [6.07, 6.45) is 0. The first-order valence-corrected chi connectivity index (χ1v) is 6.28. The van der Waals surface area contributed by atoms with Crippen molar-refractivity contribution in [1.82, 2.24) is 10.2 Å². The highest BCUT2D eigenvalue weighted by molar-refractivity contribution is 6.31. The molecule has 1 N–H and O–H groups in total. The molecule has 1 aromatic heterocycles. The lowest BCUT2D eigenvalue weighted by atomic mass is 10.1. The molecule has 2 aromatic carbocycles. The normalized spacial score (nSPS) is 10.8. The zero-order valence-electron chi connectivity index (χ0n) is 10.3. The first-order valence-electron chi connectivity index (χ1n) is 5.90. The first-order chi connectivity index (χ1) is 9.15. The minimum Gasteiger partial charge on any atom is -0.287 e. The van der Waals surface area contributed by atoms with Gasteiger partial charge in [0.15, 0.2) is 0 Å². The van der Waals surface area contributed by atoms with Crippen molar-refractivity contribution in [1.29, 1.82) is 0 Å². The van der Waals surface area contributed by atoms with E-state index in [2.05, 4.69) is 10.2 Å². The molecule has 19 heavy (non-hydrogen) atoms. The van der Waals surface area contributed by atoms with Gasteiger partial charge in [-0.05, 0) is 25.1 Å². The van der Waals surface area contributed by atoms with E-state index in [-0.39, 0.29) is 5.43 Å². The Bertz CT molecular complexity index is 806. The topological polar surface area (TPSA) is 45.8 Å². The molecule has 0 aliphatic carbocycles. The molecule has 0 radical (unpaired) electrons. The van der Waals surface area contributed by atoms with E-state index < -0.39 is 0 Å². The molecular weight excluding hydrogens is 260 g/mol. The summed E-state index contributed by atoms with van der Waals surface area (Å²) in [6, 6.07) is 12.8. The Morgan fingerprint density at radius 2 is 1.84 bits per heavy atom. The number of benzene rings is 2. The summed E-state index contributed by atoms with van der Waals surface area (Å²) in [7, 11) is 0. The van der Waals surface area contributed by atoms with Crippen LogP contribution in [0.2, 0.25) is 5.02 Å². The summed E-state index contributed by atoms with van der Waals surface area (Å²) >= 11 is 5.90. The van der Waals surface area contributed by atoms with Crippen molar-refractivity contribution >= 4 is 22.5 Å². The molecule has 3 rings (SSSR count). The maximum Gasteiger partial charge on any atom is 0.215 e. The summed E-state index contributed by atoms with van der Waals surface area (Å²) in [4.78, 5) is 12.4. The highest BCUT2D eigenvalue weighted by atomic mass is 35.5. The minimum absolute atomic E-state index is 0.0886. The molecule has 1 heterocycles. The zero-order valence-corrected chi connectivity index (χ0v) is 11.0. The third-order valence-corrected chi connectivity index (χ3v) is 3.29. The molecule has 0 aliphatic rings. The molecule has 0 amide bonds. The number of fused-ring (bicyclic) bond motifs is 1. The zero-order chi connectivity index (χ0) is 13.4. The van der Waals surface area contributed by atoms with Gasteiger partial charge in [-0.15, -0.1) is 0 Å². The van der Waals surface area contributed by atoms with Gasteiger partial charge in [-0.3, -0.25) is 9.89 Å². The van der Waals surface area contributed by atoms with Crippen LogP contribution < -0.4 is 5.43 Å². The third-order valence-electron chi connectivity index (χ3n) is 3.05. The standard InChI is InChI=1S/C15H11ClN2O/c1-9-2-4-10(5-3-9)14-15(19)12-7-6-11(16)8-13(12)17-18-14/h2-8H,1H3,(H,17,19). The fourth-order valence-corrected chi connectivity index (χ4v) is 2.18. The average Bonchev–Trinajstić information content (AvgIpc) is 2.40. The van der Waals surface area contributed by atoms with E-state index in [4.69, 9.17) is 11.6 Å². The Morgan fingerprint density at radius 1 is 1.11 bits per heavy atom. The Morgan fingerprint density at radius 3 is 2.58 bits per heavy atom. The molecule has 94 valence electrons. The summed E-state index contributed by atoms with van der Waals surface area (Å²) in [5, 5.41) is 8.20. The predicted octanol–water partition coefficient (Wildman–Crippen LogP) is 3.55. The highest BCUT2D eigenvalue weighted by Gasteiger charge is 2.09. The largest absolute Gasteiger partial charge is 0.287 e. The Balaban J connectivity index is 2.26. The van der Waals surface area contributed by atoms with Crippen molar-refractivity contribution in [3.05, 3.63) is 63.3 Å². The van der Waals surface area contributed by atoms with E-state index in [0.717, 1.165) is 11.1 Å². The number of aromatic nitrogens is 2. The molecular formula is C15H11ClN2O. The fourth-order valence-electron chi connectivity index (χ4n) is 2.01. The average molecular weight is 271 g/mol. The van der Waals surface area contributed by atoms with Crippen LogP contribution in [0.25, 0.3) is 22.2 Å². The summed E-state index contributed by atoms with van der Waals surface area (Å²) in [5.74, 6) is 0. The van der Waals surface area contributed by atoms with Crippen LogP contribution in [-0.2, 0) is 0 Å². The van der Waals surface area contributed by atoms with Gasteiger partial charge in [-0.25, -0.2) is 0 Å². The molecule has 0 saturated carbocycles. The van der Waals surface area contributed by atoms with Crippen molar-refractivity contribution < 1.29 is 0 Å². The SMILES string of the molecule is Cc1ccc(-c2n[nH]c3cc(Cl)ccc3c2=O)cc1. The van der Waals surface area contributed by atoms with Crippen molar-refractivity contribution in [3.63, 3.8) is 0 Å². The number of hydrogen-bond donors (Lipinski definition) is 1. The number of aromatic amines is 1. The van der Waals surface area contributed by atoms with E-state index in [9.17, 15) is 4.79 Å². The van der Waals surface area contributed by atoms with Gasteiger partial charge in [-0.1, -0.05) is 41.4 Å². The van der Waals surface area contributed by atoms with Crippen LogP contribution in [0.1, 0.15) is 5.56 Å². The second-order valence-corrected chi connectivity index (χ2v) is 4.89. The fraction of sp³-hybridized carbons (Fsp3) is 0.0667. The third kappa shape index (κ3) is 2.13. The molecule has 0 aliphatic heterocycles. The number of nitrogens with zero attached hydrogens (tertiary/aromatic N) is 1. The van der Waals surface area contributed by atoms with Crippen LogP contribution in [0, 0.1) is 6.92 Å². The number of H-pyrrole nitrogens is 1. The van der Waals surface area contributed by atoms with Gasteiger partial charge in [0.25, 0.3) is 0 Å². The monoisotopic (exact) mass is 270 g/mol. The van der Waals surface area contributed by atoms with Gasteiger partial charge in [0.1, 0.15) is 5.69 Å². The van der Waals surface area contributed by atoms with Crippen LogP contribution >= 0.6 is 11.6 Å². The van der Waals surface area contributed by atoms with E-state index in [1.165, 1.54) is 0 Å². The molecule has 3 aromatic rings. The summed E-state index contributed by atoms with van der Waals surface area (Å²) < 4.78 is 0. The highest BCUT2D eigenvalue weighted by Crippen LogP contribution is 2.18. The smallest absolute Gasteiger partial charge is 0.215 e. The number of halogens is 1. The molecule has 0 unspecified atom stereocenters. The van der Waals surface area contributed by atoms with Crippen LogP contribution in [0.4, 0.5) is 0 Å². The van der Waals surface area contributed by atoms with Gasteiger partial charge >= 0.3 is 0 Å². The maximum atomic E-state index is 12.4. The minimum atomic E-state index is -0.0886. The quantitative estimate of drug-likeness (QED) is 0.735. The molecule has 0 fully saturated rings. The van der Waals surface area contributed by atoms with Crippen molar-refractivity contribution in [2.45, 2.75) is 6.92 Å². The molecule has 4 heteroatoms. The first kappa shape index (κ1) is 11.9. The maximum absolute atomic E-state index is 12.4. The van der Waals surface area contributed by atoms with Crippen LogP contribution in [-0.4, -0.2) is 10.2 Å². The van der Waals surface area contributed by atoms with E-state index >= 15 is 0 Å². The Labute approximate surface area is 114 Å². The summed E-state index contributed by atoms with van der Waals surface area (Å²) in [6.45, 7) is 2.00. The van der Waals surface area contributed by atoms with Crippen LogP contribution in [0.3, 0.4) is 0 Å². The predicted molar refractivity (Wildman–Crippen MR) is 77.5 cm³/mol. The number of aryl methyl sites for hydroxylation is 1. The molecule has 3 nitrogen and oxygen atoms in total. The Hall–Kier alpha value is -2.13. The van der Waals surface area contributed by atoms with Gasteiger partial charge in [-0.2, -0.15) is 5.10 Å². The van der Waals surface area contributed by atoms with Crippen molar-refractivity contribution in [3.8, 4) is 11.3 Å². The van der Waals surface area contributed by atoms with Crippen molar-refractivity contribution in [2.24, 2.45) is 0 Å². The van der Waals surface area contributed by atoms with E-state index in [0.29, 0.717) is 21.6 Å². The number of nitrogens with one attached hydrogen (secondary N) is 1. The van der Waals surface area contributed by atoms with Crippen LogP contribution in [0.5, 0.6) is 0 Å². The lowest BCUT2D eigenvalue weighted by Crippen LogP contribution is -2.09.